The number of hydrogen-bond donors (Lipinski definition) is 1. The summed E-state index contributed by atoms with van der Waals surface area (Å²) in [6.07, 6.45) is 7.59. The topological polar surface area (TPSA) is 48.8 Å². The minimum atomic E-state index is -0.932. The lowest BCUT2D eigenvalue weighted by Crippen LogP contribution is -2.46. The first-order chi connectivity index (χ1) is 15.7. The molecule has 1 saturated heterocycles. The lowest BCUT2D eigenvalue weighted by atomic mass is 9.99. The molecule has 4 rings (SSSR count). The predicted octanol–water partition coefficient (Wildman–Crippen LogP) is 3.64. The molecule has 1 atom stereocenters. The van der Waals surface area contributed by atoms with E-state index in [1.165, 1.54) is 6.07 Å². The molecule has 1 fully saturated rings. The molecule has 5 nitrogen and oxygen atoms in total. The second kappa shape index (κ2) is 10.3. The van der Waals surface area contributed by atoms with Crippen LogP contribution >= 0.6 is 0 Å². The van der Waals surface area contributed by atoms with E-state index in [-0.39, 0.29) is 12.4 Å². The third-order valence-electron chi connectivity index (χ3n) is 5.63. The van der Waals surface area contributed by atoms with E-state index in [1.807, 2.05) is 23.1 Å². The van der Waals surface area contributed by atoms with E-state index in [0.29, 0.717) is 29.9 Å². The van der Waals surface area contributed by atoms with E-state index in [0.717, 1.165) is 30.9 Å². The molecule has 0 radical (unpaired) electrons. The molecule has 164 valence electrons. The van der Waals surface area contributed by atoms with E-state index in [1.54, 1.807) is 36.7 Å². The summed E-state index contributed by atoms with van der Waals surface area (Å²) >= 11 is 0. The second-order valence-corrected chi connectivity index (χ2v) is 7.77. The minimum absolute atomic E-state index is 0.248. The summed E-state index contributed by atoms with van der Waals surface area (Å²) < 4.78 is 20.4. The van der Waals surface area contributed by atoms with Crippen LogP contribution in [0.2, 0.25) is 0 Å². The highest BCUT2D eigenvalue weighted by molar-refractivity contribution is 5.58. The highest BCUT2D eigenvalue weighted by Gasteiger charge is 2.25. The maximum absolute atomic E-state index is 14.9. The van der Waals surface area contributed by atoms with Crippen LogP contribution in [0.1, 0.15) is 22.8 Å². The van der Waals surface area contributed by atoms with Crippen molar-refractivity contribution in [2.24, 2.45) is 0 Å². The molecule has 2 aromatic carbocycles. The first-order valence-corrected chi connectivity index (χ1v) is 10.6. The molecule has 1 aliphatic heterocycles. The summed E-state index contributed by atoms with van der Waals surface area (Å²) in [4.78, 5) is 8.42. The van der Waals surface area contributed by atoms with Crippen molar-refractivity contribution in [3.8, 4) is 18.1 Å². The van der Waals surface area contributed by atoms with Crippen LogP contribution in [0.4, 0.5) is 10.1 Å². The van der Waals surface area contributed by atoms with E-state index >= 15 is 0 Å². The van der Waals surface area contributed by atoms with Gasteiger partial charge in [-0.05, 0) is 29.8 Å². The highest BCUT2D eigenvalue weighted by Crippen LogP contribution is 2.33. The summed E-state index contributed by atoms with van der Waals surface area (Å²) in [6, 6.07) is 16.4. The number of rotatable bonds is 7. The Morgan fingerprint density at radius 3 is 2.66 bits per heavy atom. The van der Waals surface area contributed by atoms with Gasteiger partial charge in [-0.1, -0.05) is 36.3 Å². The van der Waals surface area contributed by atoms with Crippen LogP contribution in [0.5, 0.6) is 5.75 Å². The number of benzene rings is 2. The van der Waals surface area contributed by atoms with Gasteiger partial charge in [0.25, 0.3) is 0 Å². The fraction of sp³-hybridized carbons (Fsp3) is 0.269. The summed E-state index contributed by atoms with van der Waals surface area (Å²) in [5.41, 5.74) is 2.81. The zero-order valence-corrected chi connectivity index (χ0v) is 17.8. The average molecular weight is 432 g/mol. The number of piperazine rings is 1. The normalized spacial score (nSPS) is 15.2. The zero-order valence-electron chi connectivity index (χ0n) is 17.8. The van der Waals surface area contributed by atoms with Crippen molar-refractivity contribution in [2.75, 3.05) is 37.7 Å². The van der Waals surface area contributed by atoms with Gasteiger partial charge in [-0.2, -0.15) is 0 Å². The molecule has 0 amide bonds. The van der Waals surface area contributed by atoms with E-state index in [2.05, 4.69) is 21.9 Å². The molecule has 1 aliphatic rings. The number of pyridine rings is 1. The molecule has 1 unspecified atom stereocenters. The summed E-state index contributed by atoms with van der Waals surface area (Å²) in [5.74, 6) is 2.92. The van der Waals surface area contributed by atoms with Gasteiger partial charge in [0, 0.05) is 56.2 Å². The van der Waals surface area contributed by atoms with Crippen molar-refractivity contribution in [1.82, 2.24) is 9.88 Å². The van der Waals surface area contributed by atoms with Gasteiger partial charge in [0.2, 0.25) is 0 Å². The molecule has 1 N–H and O–H groups in total. The van der Waals surface area contributed by atoms with Crippen LogP contribution in [-0.4, -0.2) is 47.8 Å². The fourth-order valence-electron chi connectivity index (χ4n) is 4.05. The first kappa shape index (κ1) is 21.8. The Morgan fingerprint density at radius 1 is 1.09 bits per heavy atom. The van der Waals surface area contributed by atoms with E-state index < -0.39 is 6.10 Å². The van der Waals surface area contributed by atoms with Gasteiger partial charge in [-0.25, -0.2) is 4.39 Å². The van der Waals surface area contributed by atoms with Crippen molar-refractivity contribution in [2.45, 2.75) is 12.6 Å². The van der Waals surface area contributed by atoms with Crippen molar-refractivity contribution >= 4 is 5.69 Å². The number of terminal acetylenes is 1. The molecule has 1 aromatic heterocycles. The smallest absolute Gasteiger partial charge is 0.148 e. The van der Waals surface area contributed by atoms with Crippen LogP contribution in [0.15, 0.2) is 67.0 Å². The number of nitrogens with zero attached hydrogens (tertiary/aromatic N) is 3. The fourth-order valence-corrected chi connectivity index (χ4v) is 4.05. The monoisotopic (exact) mass is 431 g/mol. The number of hydrogen-bond acceptors (Lipinski definition) is 5. The van der Waals surface area contributed by atoms with Gasteiger partial charge in [0.1, 0.15) is 24.3 Å². The third-order valence-corrected chi connectivity index (χ3v) is 5.63. The van der Waals surface area contributed by atoms with Gasteiger partial charge >= 0.3 is 0 Å². The lowest BCUT2D eigenvalue weighted by Gasteiger charge is -2.37. The predicted molar refractivity (Wildman–Crippen MR) is 123 cm³/mol. The number of aliphatic hydroxyl groups is 1. The largest absolute Gasteiger partial charge is 0.481 e. The third kappa shape index (κ3) is 5.08. The minimum Gasteiger partial charge on any atom is -0.481 e. The molecule has 0 spiro atoms. The molecule has 0 aliphatic carbocycles. The number of halogens is 1. The number of aliphatic hydroxyl groups excluding tert-OH is 1. The van der Waals surface area contributed by atoms with Gasteiger partial charge in [0.05, 0.1) is 5.69 Å². The zero-order chi connectivity index (χ0) is 22.3. The molecule has 0 bridgehead atoms. The number of para-hydroxylation sites is 1. The summed E-state index contributed by atoms with van der Waals surface area (Å²) in [7, 11) is 0. The van der Waals surface area contributed by atoms with Crippen molar-refractivity contribution in [3.63, 3.8) is 0 Å². The van der Waals surface area contributed by atoms with Crippen LogP contribution in [0.3, 0.4) is 0 Å². The molecule has 2 heterocycles. The maximum atomic E-state index is 14.9. The average Bonchev–Trinajstić information content (AvgIpc) is 2.83. The van der Waals surface area contributed by atoms with Crippen LogP contribution in [0.25, 0.3) is 0 Å². The lowest BCUT2D eigenvalue weighted by molar-refractivity contribution is 0.218. The molecule has 32 heavy (non-hydrogen) atoms. The highest BCUT2D eigenvalue weighted by atomic mass is 19.1. The van der Waals surface area contributed by atoms with Crippen LogP contribution < -0.4 is 9.64 Å². The Bertz CT molecular complexity index is 1080. The quantitative estimate of drug-likeness (QED) is 0.579. The van der Waals surface area contributed by atoms with Gasteiger partial charge in [-0.3, -0.25) is 9.88 Å². The summed E-state index contributed by atoms with van der Waals surface area (Å²) in [5, 5.41) is 10.9. The Kier molecular flexibility index (Phi) is 7.00. The maximum Gasteiger partial charge on any atom is 0.148 e. The Labute approximate surface area is 188 Å². The van der Waals surface area contributed by atoms with E-state index in [9.17, 15) is 9.50 Å². The number of aromatic nitrogens is 1. The Balaban J connectivity index is 1.44. The van der Waals surface area contributed by atoms with Crippen molar-refractivity contribution in [3.05, 3.63) is 89.5 Å². The molecule has 0 saturated carbocycles. The van der Waals surface area contributed by atoms with E-state index in [4.69, 9.17) is 11.2 Å². The Morgan fingerprint density at radius 2 is 1.91 bits per heavy atom. The number of anilines is 1. The Hall–Kier alpha value is -3.40. The molecular weight excluding hydrogens is 405 g/mol. The summed E-state index contributed by atoms with van der Waals surface area (Å²) in [6.45, 7) is 3.93. The van der Waals surface area contributed by atoms with Crippen molar-refractivity contribution in [1.29, 1.82) is 0 Å². The first-order valence-electron chi connectivity index (χ1n) is 10.6. The van der Waals surface area contributed by atoms with Gasteiger partial charge in [-0.15, -0.1) is 6.42 Å². The van der Waals surface area contributed by atoms with Crippen LogP contribution in [0, 0.1) is 18.2 Å². The van der Waals surface area contributed by atoms with Crippen molar-refractivity contribution < 1.29 is 14.2 Å². The van der Waals surface area contributed by atoms with Gasteiger partial charge in [0.15, 0.2) is 0 Å². The number of ether oxygens (including phenoxy) is 1. The molecular formula is C26H26FN3O2. The standard InChI is InChI=1S/C26H26FN3O2/c1-2-16-32-22-8-3-6-20(17-22)19-29-12-14-30(15-13-29)25-23(9-4-10-24(25)27)26(31)21-7-5-11-28-18-21/h1,3-11,17-18,26,31H,12-16,19H2. The van der Waals surface area contributed by atoms with Gasteiger partial charge < -0.3 is 14.7 Å². The molecule has 6 heteroatoms. The van der Waals surface area contributed by atoms with Crippen LogP contribution in [-0.2, 0) is 6.54 Å². The molecule has 3 aromatic rings. The SMILES string of the molecule is C#CCOc1cccc(CN2CCN(c3c(F)cccc3C(O)c3cccnc3)CC2)c1. The second-order valence-electron chi connectivity index (χ2n) is 7.77.